The molecule has 0 bridgehead atoms. The van der Waals surface area contributed by atoms with Gasteiger partial charge in [0.2, 0.25) is 0 Å². The van der Waals surface area contributed by atoms with Crippen molar-refractivity contribution in [2.24, 2.45) is 0 Å². The summed E-state index contributed by atoms with van der Waals surface area (Å²) < 4.78 is 15.0. The molecule has 0 spiro atoms. The summed E-state index contributed by atoms with van der Waals surface area (Å²) in [6.45, 7) is 3.48. The fourth-order valence-corrected chi connectivity index (χ4v) is 2.35. The normalized spacial score (nSPS) is 11.3. The lowest BCUT2D eigenvalue weighted by Crippen LogP contribution is -2.30. The van der Waals surface area contributed by atoms with Gasteiger partial charge in [-0.25, -0.2) is 9.59 Å². The van der Waals surface area contributed by atoms with E-state index >= 15 is 0 Å². The van der Waals surface area contributed by atoms with E-state index in [1.54, 1.807) is 13.0 Å². The van der Waals surface area contributed by atoms with Gasteiger partial charge in [0.25, 0.3) is 5.91 Å². The first-order valence-corrected chi connectivity index (χ1v) is 8.20. The molecule has 1 atom stereocenters. The monoisotopic (exact) mass is 371 g/mol. The van der Waals surface area contributed by atoms with Crippen LogP contribution in [0.4, 0.5) is 5.69 Å². The van der Waals surface area contributed by atoms with Gasteiger partial charge < -0.3 is 19.5 Å². The van der Waals surface area contributed by atoms with Crippen molar-refractivity contribution in [2.75, 3.05) is 19.5 Å². The number of methoxy groups -OCH3 is 2. The summed E-state index contributed by atoms with van der Waals surface area (Å²) in [6.07, 6.45) is -0.797. The van der Waals surface area contributed by atoms with Crippen LogP contribution in [0.25, 0.3) is 0 Å². The van der Waals surface area contributed by atoms with Crippen LogP contribution in [-0.2, 0) is 14.3 Å². The SMILES string of the molecule is COC(=O)c1cc(NC(=O)C(C)Oc2ccccc2C)cc(C(=O)OC)c1. The second-order valence-corrected chi connectivity index (χ2v) is 5.80. The number of rotatable bonds is 6. The Bertz CT molecular complexity index is 827. The molecule has 142 valence electrons. The molecule has 7 heteroatoms. The van der Waals surface area contributed by atoms with Crippen LogP contribution in [0.5, 0.6) is 5.75 Å². The predicted molar refractivity (Wildman–Crippen MR) is 99.0 cm³/mol. The van der Waals surface area contributed by atoms with Crippen molar-refractivity contribution in [3.05, 3.63) is 59.2 Å². The minimum atomic E-state index is -0.797. The first-order chi connectivity index (χ1) is 12.8. The summed E-state index contributed by atoms with van der Waals surface area (Å²) in [5.41, 5.74) is 1.38. The molecule has 0 saturated heterocycles. The predicted octanol–water partition coefficient (Wildman–Crippen LogP) is 2.97. The van der Waals surface area contributed by atoms with E-state index in [0.717, 1.165) is 5.56 Å². The number of carbonyl (C=O) groups excluding carboxylic acids is 3. The number of anilines is 1. The Morgan fingerprint density at radius 2 is 1.48 bits per heavy atom. The minimum Gasteiger partial charge on any atom is -0.481 e. The minimum absolute atomic E-state index is 0.114. The van der Waals surface area contributed by atoms with Crippen molar-refractivity contribution in [2.45, 2.75) is 20.0 Å². The number of benzene rings is 2. The molecule has 0 heterocycles. The summed E-state index contributed by atoms with van der Waals surface area (Å²) in [4.78, 5) is 36.1. The van der Waals surface area contributed by atoms with E-state index in [1.807, 2.05) is 25.1 Å². The van der Waals surface area contributed by atoms with Crippen LogP contribution in [0, 0.1) is 6.92 Å². The number of carbonyl (C=O) groups is 3. The molecule has 0 radical (unpaired) electrons. The Kier molecular flexibility index (Phi) is 6.54. The Balaban J connectivity index is 2.21. The van der Waals surface area contributed by atoms with Crippen LogP contribution in [0.3, 0.4) is 0 Å². The van der Waals surface area contributed by atoms with Crippen molar-refractivity contribution in [3.8, 4) is 5.75 Å². The van der Waals surface area contributed by atoms with Gasteiger partial charge in [-0.15, -0.1) is 0 Å². The van der Waals surface area contributed by atoms with Gasteiger partial charge in [-0.05, 0) is 43.7 Å². The molecule has 2 aromatic rings. The Morgan fingerprint density at radius 3 is 2.00 bits per heavy atom. The third-order valence-corrected chi connectivity index (χ3v) is 3.81. The molecule has 0 aliphatic heterocycles. The Hall–Kier alpha value is -3.35. The fourth-order valence-electron chi connectivity index (χ4n) is 2.35. The zero-order valence-corrected chi connectivity index (χ0v) is 15.6. The lowest BCUT2D eigenvalue weighted by molar-refractivity contribution is -0.122. The van der Waals surface area contributed by atoms with Crippen molar-refractivity contribution >= 4 is 23.5 Å². The zero-order valence-electron chi connectivity index (χ0n) is 15.6. The van der Waals surface area contributed by atoms with E-state index in [-0.39, 0.29) is 16.8 Å². The topological polar surface area (TPSA) is 90.9 Å². The highest BCUT2D eigenvalue weighted by Gasteiger charge is 2.19. The first-order valence-electron chi connectivity index (χ1n) is 8.20. The number of aryl methyl sites for hydroxylation is 1. The van der Waals surface area contributed by atoms with Gasteiger partial charge >= 0.3 is 11.9 Å². The third kappa shape index (κ3) is 5.07. The van der Waals surface area contributed by atoms with Crippen molar-refractivity contribution in [3.63, 3.8) is 0 Å². The molecule has 2 aromatic carbocycles. The van der Waals surface area contributed by atoms with E-state index in [1.165, 1.54) is 32.4 Å². The van der Waals surface area contributed by atoms with E-state index in [4.69, 9.17) is 4.74 Å². The second-order valence-electron chi connectivity index (χ2n) is 5.80. The Labute approximate surface area is 157 Å². The van der Waals surface area contributed by atoms with Gasteiger partial charge in [-0.3, -0.25) is 4.79 Å². The summed E-state index contributed by atoms with van der Waals surface area (Å²) in [5, 5.41) is 2.64. The van der Waals surface area contributed by atoms with Crippen LogP contribution in [-0.4, -0.2) is 38.2 Å². The molecule has 27 heavy (non-hydrogen) atoms. The molecule has 0 saturated carbocycles. The van der Waals surface area contributed by atoms with Crippen LogP contribution >= 0.6 is 0 Å². The number of nitrogens with one attached hydrogen (secondary N) is 1. The Morgan fingerprint density at radius 1 is 0.926 bits per heavy atom. The molecule has 2 rings (SSSR count). The summed E-state index contributed by atoms with van der Waals surface area (Å²) in [6, 6.07) is 11.5. The van der Waals surface area contributed by atoms with Gasteiger partial charge in [-0.2, -0.15) is 0 Å². The molecular weight excluding hydrogens is 350 g/mol. The van der Waals surface area contributed by atoms with Crippen LogP contribution in [0.1, 0.15) is 33.2 Å². The first kappa shape index (κ1) is 20.0. The number of para-hydroxylation sites is 1. The van der Waals surface area contributed by atoms with Crippen LogP contribution in [0.2, 0.25) is 0 Å². The van der Waals surface area contributed by atoms with E-state index < -0.39 is 23.9 Å². The molecular formula is C20H21NO6. The number of amides is 1. The van der Waals surface area contributed by atoms with E-state index in [2.05, 4.69) is 14.8 Å². The van der Waals surface area contributed by atoms with Crippen molar-refractivity contribution in [1.82, 2.24) is 0 Å². The van der Waals surface area contributed by atoms with Gasteiger partial charge in [0.15, 0.2) is 6.10 Å². The number of ether oxygens (including phenoxy) is 3. The van der Waals surface area contributed by atoms with E-state index in [0.29, 0.717) is 5.75 Å². The average Bonchev–Trinajstić information content (AvgIpc) is 2.67. The average molecular weight is 371 g/mol. The highest BCUT2D eigenvalue weighted by atomic mass is 16.5. The smallest absolute Gasteiger partial charge is 0.337 e. The summed E-state index contributed by atoms with van der Waals surface area (Å²) >= 11 is 0. The maximum absolute atomic E-state index is 12.5. The number of hydrogen-bond donors (Lipinski definition) is 1. The van der Waals surface area contributed by atoms with Gasteiger partial charge in [0.1, 0.15) is 5.75 Å². The quantitative estimate of drug-likeness (QED) is 0.785. The lowest BCUT2D eigenvalue weighted by atomic mass is 10.1. The van der Waals surface area contributed by atoms with Crippen LogP contribution < -0.4 is 10.1 Å². The molecule has 7 nitrogen and oxygen atoms in total. The van der Waals surface area contributed by atoms with Gasteiger partial charge in [-0.1, -0.05) is 18.2 Å². The molecule has 1 amide bonds. The summed E-state index contributed by atoms with van der Waals surface area (Å²) in [5.74, 6) is -1.12. The second kappa shape index (κ2) is 8.84. The van der Waals surface area contributed by atoms with Crippen LogP contribution in [0.15, 0.2) is 42.5 Å². The van der Waals surface area contributed by atoms with Gasteiger partial charge in [0, 0.05) is 5.69 Å². The highest BCUT2D eigenvalue weighted by molar-refractivity contribution is 6.00. The molecule has 0 aromatic heterocycles. The fraction of sp³-hybridized carbons (Fsp3) is 0.250. The molecule has 1 unspecified atom stereocenters. The maximum atomic E-state index is 12.5. The van der Waals surface area contributed by atoms with E-state index in [9.17, 15) is 14.4 Å². The highest BCUT2D eigenvalue weighted by Crippen LogP contribution is 2.20. The number of esters is 2. The van der Waals surface area contributed by atoms with Crippen molar-refractivity contribution < 1.29 is 28.6 Å². The molecule has 0 aliphatic rings. The lowest BCUT2D eigenvalue weighted by Gasteiger charge is -2.16. The maximum Gasteiger partial charge on any atom is 0.337 e. The van der Waals surface area contributed by atoms with Crippen molar-refractivity contribution in [1.29, 1.82) is 0 Å². The molecule has 1 N–H and O–H groups in total. The molecule has 0 fully saturated rings. The third-order valence-electron chi connectivity index (χ3n) is 3.81. The molecule has 0 aliphatic carbocycles. The summed E-state index contributed by atoms with van der Waals surface area (Å²) in [7, 11) is 2.45. The van der Waals surface area contributed by atoms with Gasteiger partial charge in [0.05, 0.1) is 25.3 Å². The zero-order chi connectivity index (χ0) is 20.0. The standard InChI is InChI=1S/C20H21NO6/c1-12-7-5-6-8-17(12)27-13(2)18(22)21-16-10-14(19(23)25-3)9-15(11-16)20(24)26-4/h5-11,13H,1-4H3,(H,21,22). The largest absolute Gasteiger partial charge is 0.481 e. The number of hydrogen-bond acceptors (Lipinski definition) is 6.